The number of aromatic nitrogens is 2. The standard InChI is InChI=1S/C18H27N5O5/c1-3-27-17(24)20-15-9-14(19-16(23(15)26)21-18(25)28-4-2)22-10-12-5-6-13(11-22)8-7-12/h9,12-13H,3-8,10-11H2,1-2H3,(H,20,24)(H,19,21,25). The molecule has 2 amide bonds. The van der Waals surface area contributed by atoms with E-state index in [1.54, 1.807) is 13.8 Å². The fraction of sp³-hybridized carbons (Fsp3) is 0.667. The van der Waals surface area contributed by atoms with Gasteiger partial charge in [-0.2, -0.15) is 5.32 Å². The Bertz CT molecular complexity index is 665. The molecule has 10 nitrogen and oxygen atoms in total. The number of anilines is 3. The average Bonchev–Trinajstić information content (AvgIpc) is 2.99. The normalized spacial score (nSPS) is 21.0. The lowest BCUT2D eigenvalue weighted by molar-refractivity contribution is -0.577. The number of carbonyl (C=O) groups is 2. The Morgan fingerprint density at radius 1 is 1.11 bits per heavy atom. The third-order valence-corrected chi connectivity index (χ3v) is 5.14. The molecule has 154 valence electrons. The zero-order valence-corrected chi connectivity index (χ0v) is 16.3. The fourth-order valence-electron chi connectivity index (χ4n) is 3.82. The molecule has 10 heteroatoms. The van der Waals surface area contributed by atoms with Gasteiger partial charge < -0.3 is 19.6 Å². The van der Waals surface area contributed by atoms with Crippen LogP contribution in [0.5, 0.6) is 0 Å². The first-order valence-electron chi connectivity index (χ1n) is 9.77. The minimum Gasteiger partial charge on any atom is -0.754 e. The number of nitrogens with zero attached hydrogens (tertiary/aromatic N) is 3. The Labute approximate surface area is 163 Å². The maximum atomic E-state index is 12.6. The molecule has 3 heterocycles. The third-order valence-electron chi connectivity index (χ3n) is 5.14. The van der Waals surface area contributed by atoms with E-state index in [0.717, 1.165) is 13.1 Å². The Hall–Kier alpha value is -2.78. The highest BCUT2D eigenvalue weighted by Gasteiger charge is 2.32. The van der Waals surface area contributed by atoms with Gasteiger partial charge in [0.05, 0.1) is 19.3 Å². The first kappa shape index (κ1) is 20.0. The lowest BCUT2D eigenvalue weighted by Crippen LogP contribution is -2.40. The predicted octanol–water partition coefficient (Wildman–Crippen LogP) is 2.48. The number of fused-ring (bicyclic) bond motifs is 4. The molecule has 1 aromatic heterocycles. The Morgan fingerprint density at radius 2 is 1.64 bits per heavy atom. The van der Waals surface area contributed by atoms with Gasteiger partial charge in [0.15, 0.2) is 5.82 Å². The largest absolute Gasteiger partial charge is 0.754 e. The van der Waals surface area contributed by atoms with Gasteiger partial charge in [0.2, 0.25) is 5.82 Å². The van der Waals surface area contributed by atoms with E-state index in [4.69, 9.17) is 9.47 Å². The van der Waals surface area contributed by atoms with Gasteiger partial charge >= 0.3 is 18.1 Å². The van der Waals surface area contributed by atoms with Crippen molar-refractivity contribution in [2.75, 3.05) is 41.8 Å². The topological polar surface area (TPSA) is 120 Å². The molecule has 1 aliphatic carbocycles. The summed E-state index contributed by atoms with van der Waals surface area (Å²) in [6, 6.07) is 1.52. The first-order chi connectivity index (χ1) is 13.5. The molecule has 0 aromatic carbocycles. The lowest BCUT2D eigenvalue weighted by atomic mass is 9.84. The van der Waals surface area contributed by atoms with Crippen LogP contribution in [0.3, 0.4) is 0 Å². The van der Waals surface area contributed by atoms with E-state index in [-0.39, 0.29) is 25.0 Å². The monoisotopic (exact) mass is 393 g/mol. The van der Waals surface area contributed by atoms with E-state index in [2.05, 4.69) is 20.5 Å². The summed E-state index contributed by atoms with van der Waals surface area (Å²) in [4.78, 5) is 30.1. The van der Waals surface area contributed by atoms with E-state index in [1.165, 1.54) is 31.7 Å². The molecule has 0 spiro atoms. The number of carbonyl (C=O) groups excluding carboxylic acids is 2. The second-order valence-electron chi connectivity index (χ2n) is 7.10. The summed E-state index contributed by atoms with van der Waals surface area (Å²) >= 11 is 0. The summed E-state index contributed by atoms with van der Waals surface area (Å²) in [7, 11) is 0. The molecule has 2 saturated heterocycles. The van der Waals surface area contributed by atoms with Gasteiger partial charge in [0.1, 0.15) is 0 Å². The molecular weight excluding hydrogens is 366 g/mol. The number of rotatable bonds is 5. The van der Waals surface area contributed by atoms with Crippen molar-refractivity contribution in [3.05, 3.63) is 11.3 Å². The number of hydrogen-bond acceptors (Lipinski definition) is 7. The van der Waals surface area contributed by atoms with E-state index in [9.17, 15) is 14.8 Å². The van der Waals surface area contributed by atoms with E-state index in [1.807, 2.05) is 0 Å². The van der Waals surface area contributed by atoms with Crippen molar-refractivity contribution >= 4 is 29.8 Å². The molecule has 3 fully saturated rings. The summed E-state index contributed by atoms with van der Waals surface area (Å²) in [5, 5.41) is 17.4. The number of nitrogens with one attached hydrogen (secondary N) is 2. The van der Waals surface area contributed by atoms with Crippen molar-refractivity contribution in [1.82, 2.24) is 4.98 Å². The molecule has 3 aliphatic rings. The summed E-state index contributed by atoms with van der Waals surface area (Å²) < 4.78 is 10.1. The van der Waals surface area contributed by atoms with Gasteiger partial charge in [-0.25, -0.2) is 19.6 Å². The molecule has 0 radical (unpaired) electrons. The second-order valence-corrected chi connectivity index (χ2v) is 7.10. The Balaban J connectivity index is 1.91. The maximum Gasteiger partial charge on any atom is 0.460 e. The van der Waals surface area contributed by atoms with Crippen LogP contribution in [0.2, 0.25) is 0 Å². The maximum absolute atomic E-state index is 12.6. The summed E-state index contributed by atoms with van der Waals surface area (Å²) in [5.41, 5.74) is 0. The molecule has 1 saturated carbocycles. The predicted molar refractivity (Wildman–Crippen MR) is 102 cm³/mol. The van der Waals surface area contributed by atoms with E-state index >= 15 is 0 Å². The van der Waals surface area contributed by atoms with Crippen molar-refractivity contribution < 1.29 is 23.8 Å². The Kier molecular flexibility index (Phi) is 6.37. The molecular formula is C18H27N5O5. The molecule has 0 unspecified atom stereocenters. The zero-order valence-electron chi connectivity index (χ0n) is 16.3. The number of amides is 2. The molecule has 2 bridgehead atoms. The highest BCUT2D eigenvalue weighted by molar-refractivity contribution is 5.84. The van der Waals surface area contributed by atoms with Gasteiger partial charge in [-0.15, -0.1) is 0 Å². The van der Waals surface area contributed by atoms with Crippen LogP contribution in [-0.4, -0.2) is 43.5 Å². The van der Waals surface area contributed by atoms with Crippen LogP contribution < -0.4 is 20.3 Å². The van der Waals surface area contributed by atoms with Gasteiger partial charge in [0.25, 0.3) is 0 Å². The SMILES string of the molecule is CCOC(=O)Nc1cc(N2CC3CCC(CC3)C2)nc(NC(=O)OCC)[n+]1[O-]. The lowest BCUT2D eigenvalue weighted by Gasteiger charge is -2.24. The summed E-state index contributed by atoms with van der Waals surface area (Å²) in [6.07, 6.45) is 3.24. The van der Waals surface area contributed by atoms with Crippen LogP contribution in [0.15, 0.2) is 6.07 Å². The van der Waals surface area contributed by atoms with E-state index < -0.39 is 12.2 Å². The van der Waals surface area contributed by atoms with Crippen molar-refractivity contribution in [2.45, 2.75) is 39.5 Å². The molecule has 2 aliphatic heterocycles. The van der Waals surface area contributed by atoms with Crippen LogP contribution in [0, 0.1) is 17.0 Å². The highest BCUT2D eigenvalue weighted by Crippen LogP contribution is 2.35. The quantitative estimate of drug-likeness (QED) is 0.582. The minimum atomic E-state index is -0.783. The molecule has 0 atom stereocenters. The number of hydrogen-bond donors (Lipinski definition) is 2. The van der Waals surface area contributed by atoms with Crippen molar-refractivity contribution in [1.29, 1.82) is 0 Å². The van der Waals surface area contributed by atoms with Gasteiger partial charge in [-0.1, -0.05) is 4.98 Å². The first-order valence-corrected chi connectivity index (χ1v) is 9.77. The van der Waals surface area contributed by atoms with Crippen LogP contribution in [0.25, 0.3) is 0 Å². The van der Waals surface area contributed by atoms with Crippen molar-refractivity contribution in [3.8, 4) is 0 Å². The van der Waals surface area contributed by atoms with Crippen LogP contribution >= 0.6 is 0 Å². The fourth-order valence-corrected chi connectivity index (χ4v) is 3.82. The van der Waals surface area contributed by atoms with Crippen molar-refractivity contribution in [3.63, 3.8) is 0 Å². The molecule has 4 rings (SSSR count). The second kappa shape index (κ2) is 8.94. The molecule has 2 N–H and O–H groups in total. The van der Waals surface area contributed by atoms with E-state index in [0.29, 0.717) is 22.4 Å². The van der Waals surface area contributed by atoms with Crippen LogP contribution in [0.1, 0.15) is 39.5 Å². The van der Waals surface area contributed by atoms with Gasteiger partial charge in [-0.05, 0) is 51.4 Å². The molecule has 1 aromatic rings. The Morgan fingerprint density at radius 3 is 2.18 bits per heavy atom. The van der Waals surface area contributed by atoms with Crippen molar-refractivity contribution in [2.24, 2.45) is 11.8 Å². The van der Waals surface area contributed by atoms with Gasteiger partial charge in [-0.3, -0.25) is 0 Å². The number of ether oxygens (including phenoxy) is 2. The summed E-state index contributed by atoms with van der Waals surface area (Å²) in [5.74, 6) is 1.39. The summed E-state index contributed by atoms with van der Waals surface area (Å²) in [6.45, 7) is 5.34. The van der Waals surface area contributed by atoms with Gasteiger partial charge in [0, 0.05) is 13.1 Å². The smallest absolute Gasteiger partial charge is 0.460 e. The minimum absolute atomic E-state index is 0.0631. The van der Waals surface area contributed by atoms with Crippen LogP contribution in [0.4, 0.5) is 27.2 Å². The van der Waals surface area contributed by atoms with Crippen LogP contribution in [-0.2, 0) is 9.47 Å². The average molecular weight is 393 g/mol. The molecule has 28 heavy (non-hydrogen) atoms. The third kappa shape index (κ3) is 4.73. The highest BCUT2D eigenvalue weighted by atomic mass is 16.6. The zero-order chi connectivity index (χ0) is 20.1.